The van der Waals surface area contributed by atoms with E-state index in [9.17, 15) is 9.18 Å². The first-order chi connectivity index (χ1) is 16.5. The number of nitrogens with one attached hydrogen (secondary N) is 2. The lowest BCUT2D eigenvalue weighted by atomic mass is 10.1. The van der Waals surface area contributed by atoms with Crippen LogP contribution in [0.3, 0.4) is 0 Å². The third-order valence-electron chi connectivity index (χ3n) is 6.99. The molecule has 34 heavy (non-hydrogen) atoms. The van der Waals surface area contributed by atoms with Gasteiger partial charge in [0.2, 0.25) is 0 Å². The number of fused-ring (bicyclic) bond motifs is 3. The topological polar surface area (TPSA) is 75.7 Å². The lowest BCUT2D eigenvalue weighted by molar-refractivity contribution is -0.00641. The van der Waals surface area contributed by atoms with Crippen molar-refractivity contribution in [3.63, 3.8) is 0 Å². The summed E-state index contributed by atoms with van der Waals surface area (Å²) in [4.78, 5) is 18.1. The highest BCUT2D eigenvalue weighted by molar-refractivity contribution is 5.99. The zero-order chi connectivity index (χ0) is 23.7. The van der Waals surface area contributed by atoms with Crippen LogP contribution in [-0.4, -0.2) is 48.8 Å². The molecule has 1 saturated carbocycles. The Balaban J connectivity index is 1.19. The molecule has 3 atom stereocenters. The summed E-state index contributed by atoms with van der Waals surface area (Å²) in [6, 6.07) is 13.5. The van der Waals surface area contributed by atoms with Gasteiger partial charge in [0.1, 0.15) is 11.6 Å². The number of piperidine rings is 1. The number of hydrogen-bond donors (Lipinski definition) is 2. The van der Waals surface area contributed by atoms with Gasteiger partial charge in [-0.3, -0.25) is 5.32 Å². The minimum Gasteiger partial charge on any atom is -0.453 e. The van der Waals surface area contributed by atoms with Crippen LogP contribution < -0.4 is 10.6 Å². The molecular weight excluding hydrogens is 435 g/mol. The molecule has 5 rings (SSSR count). The summed E-state index contributed by atoms with van der Waals surface area (Å²) in [5.74, 6) is 0.793. The van der Waals surface area contributed by atoms with Gasteiger partial charge < -0.3 is 19.7 Å². The summed E-state index contributed by atoms with van der Waals surface area (Å²) in [5, 5.41) is 7.57. The van der Waals surface area contributed by atoms with Crippen LogP contribution in [0.15, 0.2) is 48.7 Å². The predicted octanol–water partition coefficient (Wildman–Crippen LogP) is 4.77. The molecule has 178 valence electrons. The molecule has 2 bridgehead atoms. The lowest BCUT2D eigenvalue weighted by Crippen LogP contribution is -2.35. The molecule has 0 spiro atoms. The molecule has 2 aromatic carbocycles. The summed E-state index contributed by atoms with van der Waals surface area (Å²) >= 11 is 0. The second-order valence-electron chi connectivity index (χ2n) is 9.17. The number of ether oxygens (including phenoxy) is 2. The van der Waals surface area contributed by atoms with Crippen molar-refractivity contribution >= 4 is 28.4 Å². The summed E-state index contributed by atoms with van der Waals surface area (Å²) in [5.41, 5.74) is 2.30. The summed E-state index contributed by atoms with van der Waals surface area (Å²) in [6.07, 6.45) is 3.63. The molecule has 1 amide bonds. The zero-order valence-electron chi connectivity index (χ0n) is 19.4. The first kappa shape index (κ1) is 22.6. The van der Waals surface area contributed by atoms with Crippen molar-refractivity contribution in [2.45, 2.75) is 38.1 Å². The van der Waals surface area contributed by atoms with Crippen molar-refractivity contribution < 1.29 is 18.7 Å². The van der Waals surface area contributed by atoms with Crippen LogP contribution in [0, 0.1) is 11.7 Å². The van der Waals surface area contributed by atoms with Crippen molar-refractivity contribution in [3.8, 4) is 0 Å². The van der Waals surface area contributed by atoms with Crippen LogP contribution in [-0.2, 0) is 22.6 Å². The Hall–Kier alpha value is -3.23. The van der Waals surface area contributed by atoms with Gasteiger partial charge in [-0.2, -0.15) is 0 Å². The van der Waals surface area contributed by atoms with E-state index in [1.54, 1.807) is 12.3 Å². The van der Waals surface area contributed by atoms with E-state index in [0.717, 1.165) is 35.0 Å². The maximum absolute atomic E-state index is 14.8. The van der Waals surface area contributed by atoms with Crippen molar-refractivity contribution in [3.05, 3.63) is 65.6 Å². The quantitative estimate of drug-likeness (QED) is 0.525. The Bertz CT molecular complexity index is 1200. The van der Waals surface area contributed by atoms with E-state index in [-0.39, 0.29) is 11.9 Å². The fourth-order valence-electron chi connectivity index (χ4n) is 5.09. The van der Waals surface area contributed by atoms with Gasteiger partial charge >= 0.3 is 6.09 Å². The normalized spacial score (nSPS) is 21.7. The van der Waals surface area contributed by atoms with Crippen LogP contribution in [0.25, 0.3) is 10.8 Å². The second-order valence-corrected chi connectivity index (χ2v) is 9.17. The molecule has 2 heterocycles. The molecule has 2 aliphatic rings. The standard InChI is InChI=1S/C26H29FN4O3/c1-31-14-19-11-21(31)12-24(19)34-15-16-3-4-18(23(27)9-16)13-29-20-5-6-22-17(10-20)7-8-28-25(22)30-26(32)33-2/h3-10,19,21,24,29H,11-15H2,1-2H3,(H,28,30,32)/t19-,21?,24+/m1/s1. The molecule has 1 unspecified atom stereocenters. The largest absolute Gasteiger partial charge is 0.453 e. The molecule has 2 fully saturated rings. The highest BCUT2D eigenvalue weighted by Crippen LogP contribution is 2.38. The number of anilines is 2. The number of carbonyl (C=O) groups is 1. The van der Waals surface area contributed by atoms with E-state index in [0.29, 0.717) is 36.5 Å². The molecule has 1 aliphatic heterocycles. The van der Waals surface area contributed by atoms with E-state index >= 15 is 0 Å². The van der Waals surface area contributed by atoms with Gasteiger partial charge in [0.05, 0.1) is 19.8 Å². The van der Waals surface area contributed by atoms with Gasteiger partial charge in [-0.05, 0) is 67.1 Å². The second kappa shape index (κ2) is 9.56. The van der Waals surface area contributed by atoms with Gasteiger partial charge in [0.15, 0.2) is 0 Å². The summed E-state index contributed by atoms with van der Waals surface area (Å²) < 4.78 is 25.5. The minimum absolute atomic E-state index is 0.240. The number of amides is 1. The van der Waals surface area contributed by atoms with Crippen molar-refractivity contribution in [1.29, 1.82) is 0 Å². The number of carbonyl (C=O) groups excluding carboxylic acids is 1. The van der Waals surface area contributed by atoms with Gasteiger partial charge in [-0.1, -0.05) is 12.1 Å². The Kier molecular flexibility index (Phi) is 6.34. The van der Waals surface area contributed by atoms with E-state index in [1.807, 2.05) is 36.4 Å². The number of hydrogen-bond acceptors (Lipinski definition) is 6. The number of likely N-dealkylation sites (tertiary alicyclic amines) is 1. The van der Waals surface area contributed by atoms with Crippen molar-refractivity contribution in [2.24, 2.45) is 5.92 Å². The average molecular weight is 465 g/mol. The smallest absolute Gasteiger partial charge is 0.412 e. The number of aromatic nitrogens is 1. The third-order valence-corrected chi connectivity index (χ3v) is 6.99. The fourth-order valence-corrected chi connectivity index (χ4v) is 5.09. The fraction of sp³-hybridized carbons (Fsp3) is 0.385. The van der Waals surface area contributed by atoms with E-state index in [1.165, 1.54) is 13.5 Å². The molecule has 0 radical (unpaired) electrons. The minimum atomic E-state index is -0.574. The number of halogens is 1. The number of pyridine rings is 1. The zero-order valence-corrected chi connectivity index (χ0v) is 19.4. The molecule has 2 N–H and O–H groups in total. The Morgan fingerprint density at radius 1 is 1.21 bits per heavy atom. The molecule has 1 aliphatic carbocycles. The average Bonchev–Trinajstić information content (AvgIpc) is 3.41. The summed E-state index contributed by atoms with van der Waals surface area (Å²) in [6.45, 7) is 1.90. The molecule has 1 aromatic heterocycles. The Morgan fingerprint density at radius 3 is 2.82 bits per heavy atom. The van der Waals surface area contributed by atoms with Gasteiger partial charge in [-0.25, -0.2) is 14.2 Å². The van der Waals surface area contributed by atoms with Crippen LogP contribution in [0.1, 0.15) is 24.0 Å². The van der Waals surface area contributed by atoms with Crippen molar-refractivity contribution in [1.82, 2.24) is 9.88 Å². The molecule has 1 saturated heterocycles. The Morgan fingerprint density at radius 2 is 2.09 bits per heavy atom. The maximum Gasteiger partial charge on any atom is 0.412 e. The molecule has 7 nitrogen and oxygen atoms in total. The first-order valence-corrected chi connectivity index (χ1v) is 11.6. The lowest BCUT2D eigenvalue weighted by Gasteiger charge is -2.28. The highest BCUT2D eigenvalue weighted by Gasteiger charge is 2.43. The van der Waals surface area contributed by atoms with Crippen LogP contribution >= 0.6 is 0 Å². The van der Waals surface area contributed by atoms with Gasteiger partial charge in [0, 0.05) is 42.0 Å². The molecule has 3 aromatic rings. The van der Waals surface area contributed by atoms with Gasteiger partial charge in [0.25, 0.3) is 0 Å². The number of nitrogens with zero attached hydrogens (tertiary/aromatic N) is 2. The number of rotatable bonds is 7. The number of benzene rings is 2. The monoisotopic (exact) mass is 464 g/mol. The van der Waals surface area contributed by atoms with Crippen LogP contribution in [0.2, 0.25) is 0 Å². The predicted molar refractivity (Wildman–Crippen MR) is 129 cm³/mol. The van der Waals surface area contributed by atoms with E-state index in [4.69, 9.17) is 4.74 Å². The van der Waals surface area contributed by atoms with Crippen LogP contribution in [0.5, 0.6) is 0 Å². The highest BCUT2D eigenvalue weighted by atomic mass is 19.1. The van der Waals surface area contributed by atoms with Crippen LogP contribution in [0.4, 0.5) is 20.7 Å². The molecule has 8 heteroatoms. The number of methoxy groups -OCH3 is 1. The van der Waals surface area contributed by atoms with E-state index in [2.05, 4.69) is 32.3 Å². The maximum atomic E-state index is 14.8. The summed E-state index contributed by atoms with van der Waals surface area (Å²) in [7, 11) is 3.48. The van der Waals surface area contributed by atoms with Gasteiger partial charge in [-0.15, -0.1) is 0 Å². The van der Waals surface area contributed by atoms with Crippen molar-refractivity contribution in [2.75, 3.05) is 31.3 Å². The third kappa shape index (κ3) is 4.69. The Labute approximate surface area is 198 Å². The molecular formula is C26H29FN4O3. The van der Waals surface area contributed by atoms with E-state index < -0.39 is 6.09 Å². The SMILES string of the molecule is COC(=O)Nc1nccc2cc(NCc3ccc(CO[C@H]4CC5C[C@@H]4CN5C)cc3F)ccc12. The first-order valence-electron chi connectivity index (χ1n) is 11.6.